The van der Waals surface area contributed by atoms with E-state index in [9.17, 15) is 9.59 Å². The third-order valence-electron chi connectivity index (χ3n) is 1.97. The summed E-state index contributed by atoms with van der Waals surface area (Å²) in [6.07, 6.45) is -0.0255. The molecule has 1 aromatic heterocycles. The second kappa shape index (κ2) is 4.72. The average Bonchev–Trinajstić information content (AvgIpc) is 2.11. The van der Waals surface area contributed by atoms with E-state index >= 15 is 0 Å². The molecule has 15 heavy (non-hydrogen) atoms. The molecular weight excluding hydrogens is 196 g/mol. The Bertz CT molecular complexity index is 423. The predicted molar refractivity (Wildman–Crippen MR) is 54.7 cm³/mol. The van der Waals surface area contributed by atoms with Gasteiger partial charge < -0.3 is 9.72 Å². The quantitative estimate of drug-likeness (QED) is 0.737. The molecule has 0 radical (unpaired) electrons. The predicted octanol–water partition coefficient (Wildman–Crippen LogP) is 0.492. The zero-order valence-corrected chi connectivity index (χ0v) is 9.09. The summed E-state index contributed by atoms with van der Waals surface area (Å²) in [5, 5.41) is 0. The summed E-state index contributed by atoms with van der Waals surface area (Å²) in [5.74, 6) is 0.141. The number of carbonyl (C=O) groups excluding carboxylic acids is 1. The van der Waals surface area contributed by atoms with Gasteiger partial charge in [-0.15, -0.1) is 0 Å². The molecule has 1 aromatic rings. The number of ether oxygens (including phenoxy) is 1. The van der Waals surface area contributed by atoms with Gasteiger partial charge in [-0.05, 0) is 20.8 Å². The Labute approximate surface area is 87.5 Å². The Kier molecular flexibility index (Phi) is 3.60. The summed E-state index contributed by atoms with van der Waals surface area (Å²) in [4.78, 5) is 29.3. The van der Waals surface area contributed by atoms with Gasteiger partial charge in [-0.3, -0.25) is 9.59 Å². The number of carbonyl (C=O) groups is 1. The topological polar surface area (TPSA) is 72.0 Å². The van der Waals surface area contributed by atoms with Crippen LogP contribution in [0.4, 0.5) is 0 Å². The van der Waals surface area contributed by atoms with Crippen LogP contribution >= 0.6 is 0 Å². The normalized spacial score (nSPS) is 10.1. The number of aryl methyl sites for hydroxylation is 2. The zero-order chi connectivity index (χ0) is 11.4. The van der Waals surface area contributed by atoms with Gasteiger partial charge >= 0.3 is 5.97 Å². The van der Waals surface area contributed by atoms with Crippen molar-refractivity contribution < 1.29 is 9.53 Å². The Morgan fingerprint density at radius 1 is 1.47 bits per heavy atom. The maximum absolute atomic E-state index is 11.5. The van der Waals surface area contributed by atoms with Gasteiger partial charge in [0.15, 0.2) is 0 Å². The van der Waals surface area contributed by atoms with Gasteiger partial charge in [0, 0.05) is 11.3 Å². The van der Waals surface area contributed by atoms with E-state index in [4.69, 9.17) is 4.74 Å². The first kappa shape index (κ1) is 11.4. The number of hydrogen-bond acceptors (Lipinski definition) is 4. The van der Waals surface area contributed by atoms with Crippen LogP contribution in [-0.4, -0.2) is 22.5 Å². The number of aromatic nitrogens is 2. The lowest BCUT2D eigenvalue weighted by molar-refractivity contribution is -0.142. The first-order valence-electron chi connectivity index (χ1n) is 4.76. The molecule has 0 atom stereocenters. The molecule has 1 N–H and O–H groups in total. The molecule has 5 heteroatoms. The standard InChI is InChI=1S/C10H14N2O3/c1-4-15-9(13)5-8-6(2)11-7(3)12-10(8)14/h4-5H2,1-3H3,(H,11,12,14). The lowest BCUT2D eigenvalue weighted by Gasteiger charge is -2.04. The molecule has 0 aliphatic carbocycles. The molecule has 0 amide bonds. The summed E-state index contributed by atoms with van der Waals surface area (Å²) >= 11 is 0. The Balaban J connectivity index is 2.95. The molecular formula is C10H14N2O3. The van der Waals surface area contributed by atoms with Crippen molar-refractivity contribution in [3.8, 4) is 0 Å². The van der Waals surface area contributed by atoms with Crippen LogP contribution in [-0.2, 0) is 16.0 Å². The van der Waals surface area contributed by atoms with Crippen LogP contribution in [0.3, 0.4) is 0 Å². The molecule has 0 aliphatic heterocycles. The number of nitrogens with one attached hydrogen (secondary N) is 1. The van der Waals surface area contributed by atoms with Crippen molar-refractivity contribution in [3.05, 3.63) is 27.4 Å². The molecule has 0 aliphatic rings. The Hall–Kier alpha value is -1.65. The fraction of sp³-hybridized carbons (Fsp3) is 0.500. The third-order valence-corrected chi connectivity index (χ3v) is 1.97. The van der Waals surface area contributed by atoms with Crippen molar-refractivity contribution in [2.75, 3.05) is 6.61 Å². The minimum absolute atomic E-state index is 0.0255. The van der Waals surface area contributed by atoms with Crippen molar-refractivity contribution in [1.82, 2.24) is 9.97 Å². The zero-order valence-electron chi connectivity index (χ0n) is 9.09. The number of hydrogen-bond donors (Lipinski definition) is 1. The van der Waals surface area contributed by atoms with E-state index in [2.05, 4.69) is 9.97 Å². The lowest BCUT2D eigenvalue weighted by atomic mass is 10.2. The Morgan fingerprint density at radius 3 is 2.67 bits per heavy atom. The van der Waals surface area contributed by atoms with E-state index in [0.717, 1.165) is 0 Å². The van der Waals surface area contributed by atoms with Crippen LogP contribution in [0.5, 0.6) is 0 Å². The van der Waals surface area contributed by atoms with E-state index in [1.807, 2.05) is 0 Å². The number of nitrogens with zero attached hydrogens (tertiary/aromatic N) is 1. The summed E-state index contributed by atoms with van der Waals surface area (Å²) in [6, 6.07) is 0. The summed E-state index contributed by atoms with van der Waals surface area (Å²) in [6.45, 7) is 5.44. The highest BCUT2D eigenvalue weighted by atomic mass is 16.5. The van der Waals surface area contributed by atoms with E-state index in [1.54, 1.807) is 20.8 Å². The van der Waals surface area contributed by atoms with Crippen molar-refractivity contribution in [2.45, 2.75) is 27.2 Å². The van der Waals surface area contributed by atoms with Crippen molar-refractivity contribution in [1.29, 1.82) is 0 Å². The van der Waals surface area contributed by atoms with Gasteiger partial charge in [-0.25, -0.2) is 4.98 Å². The SMILES string of the molecule is CCOC(=O)Cc1c(C)nc(C)[nH]c1=O. The van der Waals surface area contributed by atoms with Gasteiger partial charge in [0.2, 0.25) is 0 Å². The van der Waals surface area contributed by atoms with E-state index in [-0.39, 0.29) is 12.0 Å². The fourth-order valence-electron chi connectivity index (χ4n) is 1.32. The minimum Gasteiger partial charge on any atom is -0.466 e. The van der Waals surface area contributed by atoms with E-state index in [0.29, 0.717) is 23.7 Å². The minimum atomic E-state index is -0.406. The maximum Gasteiger partial charge on any atom is 0.310 e. The molecule has 0 bridgehead atoms. The molecule has 1 rings (SSSR count). The van der Waals surface area contributed by atoms with Crippen molar-refractivity contribution in [3.63, 3.8) is 0 Å². The smallest absolute Gasteiger partial charge is 0.310 e. The van der Waals surface area contributed by atoms with Gasteiger partial charge in [0.25, 0.3) is 5.56 Å². The molecule has 0 spiro atoms. The average molecular weight is 210 g/mol. The van der Waals surface area contributed by atoms with Crippen LogP contribution in [0.1, 0.15) is 24.0 Å². The second-order valence-corrected chi connectivity index (χ2v) is 3.20. The number of rotatable bonds is 3. The molecule has 0 aromatic carbocycles. The van der Waals surface area contributed by atoms with Crippen LogP contribution in [0, 0.1) is 13.8 Å². The Morgan fingerprint density at radius 2 is 2.13 bits per heavy atom. The van der Waals surface area contributed by atoms with Gasteiger partial charge in [-0.2, -0.15) is 0 Å². The van der Waals surface area contributed by atoms with E-state index in [1.165, 1.54) is 0 Å². The molecule has 1 heterocycles. The highest BCUT2D eigenvalue weighted by molar-refractivity contribution is 5.72. The van der Waals surface area contributed by atoms with Gasteiger partial charge in [0.1, 0.15) is 5.82 Å². The lowest BCUT2D eigenvalue weighted by Crippen LogP contribution is -2.21. The number of H-pyrrole nitrogens is 1. The van der Waals surface area contributed by atoms with Crippen LogP contribution < -0.4 is 5.56 Å². The first-order valence-corrected chi connectivity index (χ1v) is 4.76. The van der Waals surface area contributed by atoms with E-state index < -0.39 is 5.97 Å². The maximum atomic E-state index is 11.5. The molecule has 82 valence electrons. The van der Waals surface area contributed by atoms with Gasteiger partial charge in [0.05, 0.1) is 13.0 Å². The first-order chi connectivity index (χ1) is 7.04. The number of aromatic amines is 1. The number of esters is 1. The van der Waals surface area contributed by atoms with Crippen LogP contribution in [0.2, 0.25) is 0 Å². The molecule has 0 saturated carbocycles. The summed E-state index contributed by atoms with van der Waals surface area (Å²) in [5.41, 5.74) is 0.677. The monoisotopic (exact) mass is 210 g/mol. The largest absolute Gasteiger partial charge is 0.466 e. The second-order valence-electron chi connectivity index (χ2n) is 3.20. The molecule has 0 unspecified atom stereocenters. The van der Waals surface area contributed by atoms with Crippen LogP contribution in [0.15, 0.2) is 4.79 Å². The molecule has 5 nitrogen and oxygen atoms in total. The summed E-state index contributed by atoms with van der Waals surface area (Å²) < 4.78 is 4.77. The fourth-order valence-corrected chi connectivity index (χ4v) is 1.32. The highest BCUT2D eigenvalue weighted by Crippen LogP contribution is 2.00. The molecule has 0 fully saturated rings. The van der Waals surface area contributed by atoms with Crippen molar-refractivity contribution >= 4 is 5.97 Å². The molecule has 0 saturated heterocycles. The highest BCUT2D eigenvalue weighted by Gasteiger charge is 2.11. The summed E-state index contributed by atoms with van der Waals surface area (Å²) in [7, 11) is 0. The van der Waals surface area contributed by atoms with Crippen LogP contribution in [0.25, 0.3) is 0 Å². The van der Waals surface area contributed by atoms with Crippen molar-refractivity contribution in [2.24, 2.45) is 0 Å². The van der Waals surface area contributed by atoms with Gasteiger partial charge in [-0.1, -0.05) is 0 Å². The third kappa shape index (κ3) is 2.90.